The first kappa shape index (κ1) is 6.85. The minimum atomic E-state index is 0.0787. The largest absolute Gasteiger partial charge is 0.333 e. The summed E-state index contributed by atoms with van der Waals surface area (Å²) in [6.45, 7) is 5.39. The molecule has 2 heterocycles. The molecule has 60 valence electrons. The lowest BCUT2D eigenvalue weighted by atomic mass is 9.98. The molecule has 2 aliphatic rings. The Labute approximate surface area is 66.1 Å². The quantitative estimate of drug-likeness (QED) is 0.525. The van der Waals surface area contributed by atoms with Gasteiger partial charge in [-0.05, 0) is 19.0 Å². The summed E-state index contributed by atoms with van der Waals surface area (Å²) >= 11 is 0. The average Bonchev–Trinajstić information content (AvgIpc) is 2.32. The molecule has 0 aromatic heterocycles. The van der Waals surface area contributed by atoms with Crippen LogP contribution in [-0.4, -0.2) is 36.0 Å². The Morgan fingerprint density at radius 2 is 2.55 bits per heavy atom. The second-order valence-electron chi connectivity index (χ2n) is 3.11. The summed E-state index contributed by atoms with van der Waals surface area (Å²) in [5.74, 6) is 0.0787. The van der Waals surface area contributed by atoms with Crippen molar-refractivity contribution in [2.75, 3.05) is 13.1 Å². The monoisotopic (exact) mass is 152 g/mol. The van der Waals surface area contributed by atoms with Gasteiger partial charge in [-0.15, -0.1) is 0 Å². The van der Waals surface area contributed by atoms with E-state index in [1.165, 1.54) is 6.08 Å². The van der Waals surface area contributed by atoms with Crippen LogP contribution in [0.2, 0.25) is 0 Å². The molecule has 0 radical (unpaired) electrons. The number of hydrogen-bond acceptors (Lipinski definition) is 2. The Morgan fingerprint density at radius 1 is 1.73 bits per heavy atom. The van der Waals surface area contributed by atoms with Crippen LogP contribution in [0.3, 0.4) is 0 Å². The van der Waals surface area contributed by atoms with Crippen LogP contribution >= 0.6 is 0 Å². The Hall–Kier alpha value is -0.830. The maximum Gasteiger partial charge on any atom is 0.246 e. The van der Waals surface area contributed by atoms with Gasteiger partial charge in [0.05, 0.1) is 6.04 Å². The van der Waals surface area contributed by atoms with Gasteiger partial charge in [-0.2, -0.15) is 0 Å². The van der Waals surface area contributed by atoms with Crippen molar-refractivity contribution in [1.82, 2.24) is 10.2 Å². The Morgan fingerprint density at radius 3 is 3.18 bits per heavy atom. The summed E-state index contributed by atoms with van der Waals surface area (Å²) in [6, 6.07) is 1.03. The molecule has 11 heavy (non-hydrogen) atoms. The van der Waals surface area contributed by atoms with Crippen LogP contribution in [-0.2, 0) is 4.79 Å². The number of nitrogens with one attached hydrogen (secondary N) is 1. The molecule has 0 spiro atoms. The highest BCUT2D eigenvalue weighted by molar-refractivity contribution is 5.88. The summed E-state index contributed by atoms with van der Waals surface area (Å²) in [7, 11) is 0. The SMILES string of the molecule is C=CC(=O)N1CC2NCCC21. The lowest BCUT2D eigenvalue weighted by Gasteiger charge is -2.43. The predicted molar refractivity (Wildman–Crippen MR) is 42.1 cm³/mol. The molecule has 3 nitrogen and oxygen atoms in total. The van der Waals surface area contributed by atoms with Gasteiger partial charge < -0.3 is 10.2 Å². The van der Waals surface area contributed by atoms with E-state index in [2.05, 4.69) is 11.9 Å². The molecule has 0 bridgehead atoms. The van der Waals surface area contributed by atoms with Gasteiger partial charge in [0.2, 0.25) is 5.91 Å². The normalized spacial score (nSPS) is 34.4. The Bertz CT molecular complexity index is 202. The number of amides is 1. The predicted octanol–water partition coefficient (Wildman–Crippen LogP) is -0.255. The minimum absolute atomic E-state index is 0.0787. The van der Waals surface area contributed by atoms with E-state index in [1.54, 1.807) is 0 Å². The van der Waals surface area contributed by atoms with Crippen molar-refractivity contribution < 1.29 is 4.79 Å². The fraction of sp³-hybridized carbons (Fsp3) is 0.625. The van der Waals surface area contributed by atoms with Crippen molar-refractivity contribution in [2.24, 2.45) is 0 Å². The second kappa shape index (κ2) is 2.34. The van der Waals surface area contributed by atoms with Crippen LogP contribution in [0, 0.1) is 0 Å². The molecule has 0 saturated carbocycles. The molecule has 2 aliphatic heterocycles. The zero-order chi connectivity index (χ0) is 7.84. The first-order valence-electron chi connectivity index (χ1n) is 3.99. The zero-order valence-electron chi connectivity index (χ0n) is 6.42. The minimum Gasteiger partial charge on any atom is -0.333 e. The van der Waals surface area contributed by atoms with Crippen LogP contribution in [0.25, 0.3) is 0 Å². The third-order valence-electron chi connectivity index (χ3n) is 2.56. The molecule has 3 heteroatoms. The molecule has 0 aromatic rings. The first-order chi connectivity index (χ1) is 5.33. The van der Waals surface area contributed by atoms with E-state index in [1.807, 2.05) is 4.90 Å². The lowest BCUT2D eigenvalue weighted by molar-refractivity contribution is -0.134. The number of carbonyl (C=O) groups is 1. The van der Waals surface area contributed by atoms with Gasteiger partial charge in [-0.25, -0.2) is 0 Å². The average molecular weight is 152 g/mol. The summed E-state index contributed by atoms with van der Waals surface area (Å²) in [4.78, 5) is 13.0. The van der Waals surface area contributed by atoms with E-state index in [0.717, 1.165) is 19.5 Å². The fourth-order valence-corrected chi connectivity index (χ4v) is 1.89. The van der Waals surface area contributed by atoms with E-state index in [-0.39, 0.29) is 5.91 Å². The Kier molecular flexibility index (Phi) is 1.46. The van der Waals surface area contributed by atoms with E-state index in [4.69, 9.17) is 0 Å². The van der Waals surface area contributed by atoms with E-state index in [0.29, 0.717) is 12.1 Å². The molecule has 2 atom stereocenters. The third kappa shape index (κ3) is 0.878. The zero-order valence-corrected chi connectivity index (χ0v) is 6.42. The van der Waals surface area contributed by atoms with Crippen LogP contribution in [0.15, 0.2) is 12.7 Å². The van der Waals surface area contributed by atoms with Crippen molar-refractivity contribution >= 4 is 5.91 Å². The van der Waals surface area contributed by atoms with Crippen LogP contribution in [0.4, 0.5) is 0 Å². The van der Waals surface area contributed by atoms with Gasteiger partial charge in [0.15, 0.2) is 0 Å². The number of likely N-dealkylation sites (tertiary alicyclic amines) is 1. The van der Waals surface area contributed by atoms with Crippen molar-refractivity contribution in [3.8, 4) is 0 Å². The molecule has 0 aliphatic carbocycles. The molecule has 1 amide bonds. The third-order valence-corrected chi connectivity index (χ3v) is 2.56. The summed E-state index contributed by atoms with van der Waals surface area (Å²) in [5.41, 5.74) is 0. The van der Waals surface area contributed by atoms with Gasteiger partial charge >= 0.3 is 0 Å². The van der Waals surface area contributed by atoms with Gasteiger partial charge in [-0.1, -0.05) is 6.58 Å². The number of carbonyl (C=O) groups excluding carboxylic acids is 1. The van der Waals surface area contributed by atoms with Crippen molar-refractivity contribution in [3.05, 3.63) is 12.7 Å². The van der Waals surface area contributed by atoms with Gasteiger partial charge in [0.25, 0.3) is 0 Å². The molecular weight excluding hydrogens is 140 g/mol. The molecule has 2 rings (SSSR count). The second-order valence-corrected chi connectivity index (χ2v) is 3.11. The van der Waals surface area contributed by atoms with E-state index >= 15 is 0 Å². The molecule has 0 aromatic carbocycles. The summed E-state index contributed by atoms with van der Waals surface area (Å²) < 4.78 is 0. The first-order valence-corrected chi connectivity index (χ1v) is 3.99. The summed E-state index contributed by atoms with van der Waals surface area (Å²) in [5, 5.41) is 3.34. The summed E-state index contributed by atoms with van der Waals surface area (Å²) in [6.07, 6.45) is 2.50. The maximum absolute atomic E-state index is 11.1. The Balaban J connectivity index is 1.99. The van der Waals surface area contributed by atoms with Crippen molar-refractivity contribution in [2.45, 2.75) is 18.5 Å². The maximum atomic E-state index is 11.1. The lowest BCUT2D eigenvalue weighted by Crippen LogP contribution is -2.62. The topological polar surface area (TPSA) is 32.3 Å². The van der Waals surface area contributed by atoms with Gasteiger partial charge in [0, 0.05) is 12.6 Å². The van der Waals surface area contributed by atoms with Gasteiger partial charge in [-0.3, -0.25) is 4.79 Å². The number of nitrogens with zero attached hydrogens (tertiary/aromatic N) is 1. The van der Waals surface area contributed by atoms with Crippen LogP contribution in [0.5, 0.6) is 0 Å². The molecule has 2 saturated heterocycles. The van der Waals surface area contributed by atoms with E-state index in [9.17, 15) is 4.79 Å². The smallest absolute Gasteiger partial charge is 0.246 e. The molecule has 2 unspecified atom stereocenters. The van der Waals surface area contributed by atoms with Crippen LogP contribution < -0.4 is 5.32 Å². The molecule has 2 fully saturated rings. The highest BCUT2D eigenvalue weighted by Crippen LogP contribution is 2.25. The van der Waals surface area contributed by atoms with Crippen molar-refractivity contribution in [3.63, 3.8) is 0 Å². The van der Waals surface area contributed by atoms with Gasteiger partial charge in [0.1, 0.15) is 0 Å². The van der Waals surface area contributed by atoms with Crippen molar-refractivity contribution in [1.29, 1.82) is 0 Å². The highest BCUT2D eigenvalue weighted by Gasteiger charge is 2.43. The van der Waals surface area contributed by atoms with Crippen LogP contribution in [0.1, 0.15) is 6.42 Å². The number of fused-ring (bicyclic) bond motifs is 1. The molecular formula is C8H12N2O. The number of hydrogen-bond donors (Lipinski definition) is 1. The number of rotatable bonds is 1. The fourth-order valence-electron chi connectivity index (χ4n) is 1.89. The van der Waals surface area contributed by atoms with E-state index < -0.39 is 0 Å². The standard InChI is InChI=1S/C8H12N2O/c1-2-8(11)10-5-6-7(10)3-4-9-6/h2,6-7,9H,1,3-5H2. The molecule has 1 N–H and O–H groups in total. The highest BCUT2D eigenvalue weighted by atomic mass is 16.2.